The third-order valence-corrected chi connectivity index (χ3v) is 13.6. The highest BCUT2D eigenvalue weighted by atomic mass is 32.1. The Bertz CT molecular complexity index is 1520. The van der Waals surface area contributed by atoms with Crippen molar-refractivity contribution in [2.75, 3.05) is 33.9 Å². The molecule has 4 saturated carbocycles. The second-order valence-electron chi connectivity index (χ2n) is 14.2. The van der Waals surface area contributed by atoms with Crippen molar-refractivity contribution in [2.24, 2.45) is 16.7 Å². The fourth-order valence-corrected chi connectivity index (χ4v) is 11.8. The number of fused-ring (bicyclic) bond motifs is 3. The molecular weight excluding hydrogens is 530 g/mol. The van der Waals surface area contributed by atoms with Crippen LogP contribution >= 0.6 is 11.3 Å². The molecular formula is C35H41NO4S. The molecule has 2 aliphatic heterocycles. The maximum absolute atomic E-state index is 7.23. The van der Waals surface area contributed by atoms with Crippen LogP contribution in [-0.4, -0.2) is 56.6 Å². The van der Waals surface area contributed by atoms with E-state index < -0.39 is 5.60 Å². The van der Waals surface area contributed by atoms with Gasteiger partial charge >= 0.3 is 0 Å². The number of piperidine rings is 1. The van der Waals surface area contributed by atoms with Crippen LogP contribution < -0.4 is 9.47 Å². The molecule has 5 fully saturated rings. The minimum atomic E-state index is -0.406. The quantitative estimate of drug-likeness (QED) is 0.300. The zero-order valence-electron chi connectivity index (χ0n) is 24.5. The minimum absolute atomic E-state index is 0.0173. The fraction of sp³-hybridized carbons (Fsp3) is 0.600. The van der Waals surface area contributed by atoms with Crippen LogP contribution in [0.15, 0.2) is 42.5 Å². The third kappa shape index (κ3) is 3.08. The highest BCUT2D eigenvalue weighted by molar-refractivity contribution is 7.19. The van der Waals surface area contributed by atoms with Gasteiger partial charge in [-0.15, -0.1) is 11.3 Å². The average molecular weight is 572 g/mol. The lowest BCUT2D eigenvalue weighted by Gasteiger charge is -2.76. The van der Waals surface area contributed by atoms with E-state index in [1.54, 1.807) is 7.11 Å². The molecule has 216 valence electrons. The lowest BCUT2D eigenvalue weighted by atomic mass is 9.32. The zero-order chi connectivity index (χ0) is 27.6. The molecule has 0 radical (unpaired) electrons. The molecule has 1 saturated heterocycles. The standard InChI is InChI=1S/C35H41NO4S/c1-32(21-39-19-25-16-23-6-4-5-7-27(23)41-25)20-33-12-13-35(32,38-3)31-34(33)14-15-36(18-22-8-9-22)28(33)17-24-10-11-26(37-2)30(40-31)29(24)34/h4-7,10-11,16,22,28,31H,8-9,12-15,17-21H2,1-3H3/t28-,31-,32-,33-,34+,35+/m1/s1. The van der Waals surface area contributed by atoms with Crippen LogP contribution in [0.5, 0.6) is 11.5 Å². The number of nitrogens with zero attached hydrogens (tertiary/aromatic N) is 1. The van der Waals surface area contributed by atoms with Crippen molar-refractivity contribution in [2.45, 2.75) is 81.6 Å². The highest BCUT2D eigenvalue weighted by Gasteiger charge is 2.83. The summed E-state index contributed by atoms with van der Waals surface area (Å²) in [4.78, 5) is 4.20. The van der Waals surface area contributed by atoms with Crippen molar-refractivity contribution in [3.63, 3.8) is 0 Å². The van der Waals surface area contributed by atoms with Gasteiger partial charge in [-0.05, 0) is 86.6 Å². The first-order valence-corrected chi connectivity index (χ1v) is 16.5. The third-order valence-electron chi connectivity index (χ3n) is 12.5. The molecule has 1 aromatic heterocycles. The number of hydrogen-bond acceptors (Lipinski definition) is 6. The topological polar surface area (TPSA) is 40.2 Å². The lowest BCUT2D eigenvalue weighted by molar-refractivity contribution is -0.314. The molecule has 0 unspecified atom stereocenters. The summed E-state index contributed by atoms with van der Waals surface area (Å²) >= 11 is 1.85. The van der Waals surface area contributed by atoms with Gasteiger partial charge in [0.25, 0.3) is 0 Å². The monoisotopic (exact) mass is 571 g/mol. The Morgan fingerprint density at radius 1 is 1.07 bits per heavy atom. The Labute approximate surface area is 247 Å². The van der Waals surface area contributed by atoms with E-state index in [0.29, 0.717) is 19.3 Å². The van der Waals surface area contributed by atoms with E-state index in [2.05, 4.69) is 54.3 Å². The van der Waals surface area contributed by atoms with E-state index in [0.717, 1.165) is 49.6 Å². The molecule has 4 bridgehead atoms. The first-order valence-electron chi connectivity index (χ1n) is 15.7. The predicted octanol–water partition coefficient (Wildman–Crippen LogP) is 6.74. The number of ether oxygens (including phenoxy) is 4. The summed E-state index contributed by atoms with van der Waals surface area (Å²) in [5, 5.41) is 1.31. The minimum Gasteiger partial charge on any atom is -0.493 e. The van der Waals surface area contributed by atoms with E-state index in [-0.39, 0.29) is 22.3 Å². The van der Waals surface area contributed by atoms with Gasteiger partial charge in [-0.1, -0.05) is 31.2 Å². The van der Waals surface area contributed by atoms with E-state index >= 15 is 0 Å². The molecule has 5 aliphatic carbocycles. The molecule has 3 heterocycles. The molecule has 0 amide bonds. The van der Waals surface area contributed by atoms with Gasteiger partial charge in [0.1, 0.15) is 11.7 Å². The maximum Gasteiger partial charge on any atom is 0.165 e. The molecule has 0 N–H and O–H groups in total. The maximum atomic E-state index is 7.23. The molecule has 41 heavy (non-hydrogen) atoms. The van der Waals surface area contributed by atoms with Crippen LogP contribution in [0.25, 0.3) is 10.1 Å². The number of hydrogen-bond donors (Lipinski definition) is 0. The van der Waals surface area contributed by atoms with E-state index in [9.17, 15) is 0 Å². The van der Waals surface area contributed by atoms with Gasteiger partial charge in [-0.2, -0.15) is 0 Å². The van der Waals surface area contributed by atoms with Gasteiger partial charge in [0.2, 0.25) is 0 Å². The largest absolute Gasteiger partial charge is 0.493 e. The van der Waals surface area contributed by atoms with E-state index in [4.69, 9.17) is 18.9 Å². The molecule has 5 nitrogen and oxygen atoms in total. The van der Waals surface area contributed by atoms with Gasteiger partial charge in [0, 0.05) is 51.1 Å². The Morgan fingerprint density at radius 3 is 2.76 bits per heavy atom. The number of thiophene rings is 1. The van der Waals surface area contributed by atoms with Gasteiger partial charge in [-0.3, -0.25) is 4.90 Å². The Morgan fingerprint density at radius 2 is 1.95 bits per heavy atom. The summed E-state index contributed by atoms with van der Waals surface area (Å²) in [5.41, 5.74) is 2.54. The van der Waals surface area contributed by atoms with Crippen molar-refractivity contribution < 1.29 is 18.9 Å². The Balaban J connectivity index is 1.13. The van der Waals surface area contributed by atoms with E-state index in [1.807, 2.05) is 18.4 Å². The van der Waals surface area contributed by atoms with Gasteiger partial charge in [-0.25, -0.2) is 0 Å². The van der Waals surface area contributed by atoms with Gasteiger partial charge in [0.05, 0.1) is 20.3 Å². The predicted molar refractivity (Wildman–Crippen MR) is 161 cm³/mol. The first kappa shape index (κ1) is 25.4. The lowest BCUT2D eigenvalue weighted by Crippen LogP contribution is -2.83. The molecule has 2 aromatic carbocycles. The van der Waals surface area contributed by atoms with Crippen molar-refractivity contribution in [3.05, 3.63) is 58.5 Å². The van der Waals surface area contributed by atoms with Crippen LogP contribution in [0.1, 0.15) is 61.5 Å². The SMILES string of the molecule is COc1ccc2c3c1O[C@H]1[C@@]4(OC)CC[C@@]5(C[C@]4(C)COCc4cc6ccccc6s4)[C@@H](C2)N(CC2CC2)CC[C@]315. The van der Waals surface area contributed by atoms with Crippen LogP contribution in [0.3, 0.4) is 0 Å². The highest BCUT2D eigenvalue weighted by Crippen LogP contribution is 2.79. The number of benzene rings is 2. The zero-order valence-corrected chi connectivity index (χ0v) is 25.4. The normalized spacial score (nSPS) is 38.2. The van der Waals surface area contributed by atoms with Crippen molar-refractivity contribution >= 4 is 21.4 Å². The number of rotatable bonds is 8. The second kappa shape index (κ2) is 8.49. The summed E-state index contributed by atoms with van der Waals surface area (Å²) in [7, 11) is 3.72. The van der Waals surface area contributed by atoms with Gasteiger partial charge < -0.3 is 18.9 Å². The fourth-order valence-electron chi connectivity index (χ4n) is 10.8. The molecule has 10 rings (SSSR count). The molecule has 7 aliphatic rings. The van der Waals surface area contributed by atoms with Crippen molar-refractivity contribution in [1.82, 2.24) is 4.90 Å². The molecule has 3 aromatic rings. The van der Waals surface area contributed by atoms with Crippen LogP contribution in [0, 0.1) is 16.7 Å². The smallest absolute Gasteiger partial charge is 0.165 e. The van der Waals surface area contributed by atoms with Gasteiger partial charge in [0.15, 0.2) is 11.5 Å². The summed E-state index contributed by atoms with van der Waals surface area (Å²) in [6.07, 6.45) is 8.42. The summed E-state index contributed by atoms with van der Waals surface area (Å²) in [6, 6.07) is 16.0. The van der Waals surface area contributed by atoms with Crippen LogP contribution in [0.4, 0.5) is 0 Å². The molecule has 6 atom stereocenters. The number of methoxy groups -OCH3 is 2. The van der Waals surface area contributed by atoms with Crippen molar-refractivity contribution in [1.29, 1.82) is 0 Å². The molecule has 6 heteroatoms. The first-order chi connectivity index (χ1) is 20.0. The Hall–Kier alpha value is -2.12. The summed E-state index contributed by atoms with van der Waals surface area (Å²) < 4.78 is 28.0. The average Bonchev–Trinajstić information content (AvgIpc) is 3.58. The van der Waals surface area contributed by atoms with E-state index in [1.165, 1.54) is 51.9 Å². The van der Waals surface area contributed by atoms with Crippen LogP contribution in [-0.2, 0) is 27.9 Å². The summed E-state index contributed by atoms with van der Waals surface area (Å²) in [6.45, 7) is 6.21. The summed E-state index contributed by atoms with van der Waals surface area (Å²) in [5.74, 6) is 2.78. The molecule has 2 spiro atoms. The number of likely N-dealkylation sites (tertiary alicyclic amines) is 1. The van der Waals surface area contributed by atoms with Crippen molar-refractivity contribution in [3.8, 4) is 11.5 Å². The second-order valence-corrected chi connectivity index (χ2v) is 15.4. The Kier molecular flexibility index (Phi) is 5.26. The van der Waals surface area contributed by atoms with Crippen LogP contribution in [0.2, 0.25) is 0 Å².